The number of amides is 3. The van der Waals surface area contributed by atoms with Crippen molar-refractivity contribution in [1.82, 2.24) is 25.9 Å². The van der Waals surface area contributed by atoms with Gasteiger partial charge in [0.05, 0.1) is 12.4 Å². The molecule has 3 atom stereocenters. The van der Waals surface area contributed by atoms with Gasteiger partial charge in [-0.25, -0.2) is 4.98 Å². The number of thiol groups is 1. The number of nitrogens with two attached hydrogens (primary N) is 2. The van der Waals surface area contributed by atoms with E-state index in [1.54, 1.807) is 0 Å². The average molecular weight is 444 g/mol. The van der Waals surface area contributed by atoms with E-state index in [1.807, 2.05) is 0 Å². The number of carbonyl (C=O) groups is 4. The summed E-state index contributed by atoms with van der Waals surface area (Å²) in [6.07, 6.45) is 4.84. The summed E-state index contributed by atoms with van der Waals surface area (Å²) in [4.78, 5) is 54.5. The van der Waals surface area contributed by atoms with E-state index >= 15 is 0 Å². The van der Waals surface area contributed by atoms with Gasteiger partial charge in [0, 0.05) is 24.1 Å². The summed E-state index contributed by atoms with van der Waals surface area (Å²) in [5, 5.41) is 15.9. The molecule has 1 aromatic rings. The van der Waals surface area contributed by atoms with Crippen LogP contribution in [0.4, 0.5) is 0 Å². The van der Waals surface area contributed by atoms with Gasteiger partial charge in [0.2, 0.25) is 17.7 Å². The summed E-state index contributed by atoms with van der Waals surface area (Å²) < 4.78 is 0. The van der Waals surface area contributed by atoms with Crippen LogP contribution in [0.5, 0.6) is 0 Å². The van der Waals surface area contributed by atoms with E-state index in [-0.39, 0.29) is 12.2 Å². The van der Waals surface area contributed by atoms with Gasteiger partial charge in [-0.3, -0.25) is 19.2 Å². The molecule has 0 aliphatic carbocycles. The third-order valence-corrected chi connectivity index (χ3v) is 4.51. The lowest BCUT2D eigenvalue weighted by atomic mass is 10.1. The van der Waals surface area contributed by atoms with Crippen molar-refractivity contribution in [2.45, 2.75) is 43.8 Å². The van der Waals surface area contributed by atoms with Crippen molar-refractivity contribution in [3.8, 4) is 0 Å². The van der Waals surface area contributed by atoms with Gasteiger partial charge in [-0.05, 0) is 19.4 Å². The summed E-state index contributed by atoms with van der Waals surface area (Å²) in [6.45, 7) is -0.0980. The molecule has 0 saturated carbocycles. The second kappa shape index (κ2) is 13.6. The smallest absolute Gasteiger partial charge is 0.322 e. The highest BCUT2D eigenvalue weighted by Crippen LogP contribution is 2.03. The number of nitrogens with zero attached hydrogens (tertiary/aromatic N) is 1. The molecule has 0 radical (unpaired) electrons. The van der Waals surface area contributed by atoms with E-state index < -0.39 is 48.4 Å². The molecular weight excluding hydrogens is 414 g/mol. The number of hydrogen-bond acceptors (Lipinski definition) is 8. The van der Waals surface area contributed by atoms with Crippen molar-refractivity contribution < 1.29 is 24.3 Å². The molecule has 0 bridgehead atoms. The number of carboxylic acids is 1. The monoisotopic (exact) mass is 443 g/mol. The Morgan fingerprint density at radius 1 is 1.13 bits per heavy atom. The van der Waals surface area contributed by atoms with Gasteiger partial charge in [0.1, 0.15) is 18.6 Å². The normalized spacial score (nSPS) is 13.7. The third kappa shape index (κ3) is 9.24. The van der Waals surface area contributed by atoms with Crippen LogP contribution in [0, 0.1) is 0 Å². The van der Waals surface area contributed by atoms with Gasteiger partial charge < -0.3 is 37.5 Å². The number of nitrogens with one attached hydrogen (secondary N) is 4. The Labute approximate surface area is 179 Å². The predicted molar refractivity (Wildman–Crippen MR) is 112 cm³/mol. The van der Waals surface area contributed by atoms with Gasteiger partial charge in [0.15, 0.2) is 0 Å². The maximum absolute atomic E-state index is 12.8. The van der Waals surface area contributed by atoms with Crippen LogP contribution in [0.1, 0.15) is 25.0 Å². The van der Waals surface area contributed by atoms with Crippen molar-refractivity contribution in [1.29, 1.82) is 0 Å². The van der Waals surface area contributed by atoms with Crippen LogP contribution in [0.15, 0.2) is 12.5 Å². The first-order valence-corrected chi connectivity index (χ1v) is 10.1. The van der Waals surface area contributed by atoms with Crippen LogP contribution < -0.4 is 27.4 Å². The van der Waals surface area contributed by atoms with Crippen molar-refractivity contribution in [3.05, 3.63) is 18.2 Å². The molecule has 1 aromatic heterocycles. The molecule has 1 rings (SSSR count). The van der Waals surface area contributed by atoms with Crippen molar-refractivity contribution in [3.63, 3.8) is 0 Å². The van der Waals surface area contributed by atoms with Crippen molar-refractivity contribution in [2.24, 2.45) is 11.5 Å². The number of imidazole rings is 1. The highest BCUT2D eigenvalue weighted by Gasteiger charge is 2.28. The molecule has 0 saturated heterocycles. The maximum Gasteiger partial charge on any atom is 0.322 e. The Morgan fingerprint density at radius 3 is 2.40 bits per heavy atom. The van der Waals surface area contributed by atoms with Crippen LogP contribution in [-0.4, -0.2) is 75.7 Å². The van der Waals surface area contributed by atoms with E-state index in [0.717, 1.165) is 6.42 Å². The lowest BCUT2D eigenvalue weighted by Gasteiger charge is -2.23. The van der Waals surface area contributed by atoms with Gasteiger partial charge >= 0.3 is 5.97 Å². The van der Waals surface area contributed by atoms with Crippen LogP contribution >= 0.6 is 12.6 Å². The van der Waals surface area contributed by atoms with E-state index in [2.05, 4.69) is 38.5 Å². The second-order valence-electron chi connectivity index (χ2n) is 6.59. The van der Waals surface area contributed by atoms with Crippen LogP contribution in [0.2, 0.25) is 0 Å². The molecule has 9 N–H and O–H groups in total. The molecule has 0 aliphatic heterocycles. The zero-order valence-electron chi connectivity index (χ0n) is 16.5. The predicted octanol–water partition coefficient (Wildman–Crippen LogP) is -2.49. The maximum atomic E-state index is 12.8. The molecular formula is C17H29N7O5S. The van der Waals surface area contributed by atoms with Crippen molar-refractivity contribution in [2.75, 3.05) is 18.8 Å². The molecule has 1 heterocycles. The summed E-state index contributed by atoms with van der Waals surface area (Å²) in [5.41, 5.74) is 11.9. The van der Waals surface area contributed by atoms with Crippen molar-refractivity contribution >= 4 is 36.3 Å². The number of rotatable bonds is 14. The molecule has 0 fully saturated rings. The van der Waals surface area contributed by atoms with E-state index in [4.69, 9.17) is 16.6 Å². The van der Waals surface area contributed by atoms with Gasteiger partial charge in [-0.2, -0.15) is 12.6 Å². The first kappa shape index (κ1) is 25.4. The van der Waals surface area contributed by atoms with Crippen LogP contribution in [0.3, 0.4) is 0 Å². The quantitative estimate of drug-likeness (QED) is 0.114. The zero-order valence-corrected chi connectivity index (χ0v) is 17.4. The Bertz CT molecular complexity index is 701. The van der Waals surface area contributed by atoms with Gasteiger partial charge in [0.25, 0.3) is 0 Å². The summed E-state index contributed by atoms with van der Waals surface area (Å²) in [7, 11) is 0. The Hall–Kier alpha value is -2.64. The van der Waals surface area contributed by atoms with Gasteiger partial charge in [-0.15, -0.1) is 0 Å². The first-order valence-electron chi connectivity index (χ1n) is 9.42. The number of H-pyrrole nitrogens is 1. The second-order valence-corrected chi connectivity index (χ2v) is 6.95. The molecule has 30 heavy (non-hydrogen) atoms. The Kier molecular flexibility index (Phi) is 11.5. The standard InChI is InChI=1S/C17H29N7O5S/c18-4-2-1-3-11(19)15(27)23-12(5-10-6-20-9-22-10)17(29)24-13(8-30)16(28)21-7-14(25)26/h6,9,11-13,30H,1-5,7-8,18-19H2,(H,20,22)(H,21,28)(H,23,27)(H,24,29)(H,25,26). The van der Waals surface area contributed by atoms with Gasteiger partial charge in [-0.1, -0.05) is 6.42 Å². The number of carboxylic acid groups (broad SMARTS) is 1. The summed E-state index contributed by atoms with van der Waals surface area (Å²) in [5.74, 6) is -3.15. The number of aliphatic carboxylic acids is 1. The molecule has 12 nitrogen and oxygen atoms in total. The van der Waals surface area contributed by atoms with E-state index in [9.17, 15) is 19.2 Å². The number of carbonyl (C=O) groups excluding carboxylic acids is 3. The van der Waals surface area contributed by atoms with E-state index in [0.29, 0.717) is 25.1 Å². The average Bonchev–Trinajstić information content (AvgIpc) is 3.22. The molecule has 13 heteroatoms. The van der Waals surface area contributed by atoms with E-state index in [1.165, 1.54) is 12.5 Å². The van der Waals surface area contributed by atoms with Crippen LogP contribution in [-0.2, 0) is 25.6 Å². The topological polar surface area (TPSA) is 205 Å². The molecule has 3 unspecified atom stereocenters. The largest absolute Gasteiger partial charge is 0.480 e. The SMILES string of the molecule is NCCCCC(N)C(=O)NC(Cc1cnc[nH]1)C(=O)NC(CS)C(=O)NCC(=O)O. The summed E-state index contributed by atoms with van der Waals surface area (Å²) >= 11 is 4.03. The number of aromatic amines is 1. The molecule has 0 aliphatic rings. The number of unbranched alkanes of at least 4 members (excludes halogenated alkanes) is 1. The zero-order chi connectivity index (χ0) is 22.5. The molecule has 0 aromatic carbocycles. The molecule has 0 spiro atoms. The minimum Gasteiger partial charge on any atom is -0.480 e. The fraction of sp³-hybridized carbons (Fsp3) is 0.588. The Morgan fingerprint density at radius 2 is 1.83 bits per heavy atom. The minimum absolute atomic E-state index is 0.0689. The Balaban J connectivity index is 2.79. The lowest BCUT2D eigenvalue weighted by molar-refractivity contribution is -0.138. The minimum atomic E-state index is -1.22. The fourth-order valence-corrected chi connectivity index (χ4v) is 2.75. The number of aromatic nitrogens is 2. The third-order valence-electron chi connectivity index (χ3n) is 4.15. The molecule has 3 amide bonds. The highest BCUT2D eigenvalue weighted by molar-refractivity contribution is 7.80. The highest BCUT2D eigenvalue weighted by atomic mass is 32.1. The first-order chi connectivity index (χ1) is 14.3. The molecule has 168 valence electrons. The fourth-order valence-electron chi connectivity index (χ4n) is 2.50. The lowest BCUT2D eigenvalue weighted by Crippen LogP contribution is -2.57. The number of hydrogen-bond donors (Lipinski definition) is 8. The van der Waals surface area contributed by atoms with Crippen LogP contribution in [0.25, 0.3) is 0 Å². The summed E-state index contributed by atoms with van der Waals surface area (Å²) in [6, 6.07) is -2.93.